The number of alkyl halides is 3. The molecule has 0 fully saturated rings. The maximum atomic E-state index is 12.0. The zero-order valence-electron chi connectivity index (χ0n) is 8.51. The van der Waals surface area contributed by atoms with Crippen LogP contribution in [0.3, 0.4) is 0 Å². The SMILES string of the molecule is CN(CC(C)(C)C)S(=O)(=O)C(F)(F)F. The van der Waals surface area contributed by atoms with Crippen molar-refractivity contribution in [3.05, 3.63) is 0 Å². The first-order valence-corrected chi connectivity index (χ1v) is 5.34. The van der Waals surface area contributed by atoms with E-state index in [0.717, 1.165) is 7.05 Å². The van der Waals surface area contributed by atoms with Crippen molar-refractivity contribution in [1.29, 1.82) is 0 Å². The van der Waals surface area contributed by atoms with E-state index in [-0.39, 0.29) is 6.54 Å². The van der Waals surface area contributed by atoms with Crippen LogP contribution < -0.4 is 0 Å². The Kier molecular flexibility index (Phi) is 3.61. The third kappa shape index (κ3) is 3.45. The summed E-state index contributed by atoms with van der Waals surface area (Å²) in [7, 11) is -4.25. The van der Waals surface area contributed by atoms with Gasteiger partial charge in [0.25, 0.3) is 0 Å². The van der Waals surface area contributed by atoms with Gasteiger partial charge in [0.2, 0.25) is 0 Å². The van der Waals surface area contributed by atoms with Crippen molar-refractivity contribution in [3.63, 3.8) is 0 Å². The molecule has 0 amide bonds. The van der Waals surface area contributed by atoms with Crippen LogP contribution in [0.1, 0.15) is 20.8 Å². The molecule has 3 nitrogen and oxygen atoms in total. The highest BCUT2D eigenvalue weighted by Crippen LogP contribution is 2.28. The van der Waals surface area contributed by atoms with Gasteiger partial charge in [-0.1, -0.05) is 20.8 Å². The quantitative estimate of drug-likeness (QED) is 0.729. The van der Waals surface area contributed by atoms with Gasteiger partial charge in [-0.05, 0) is 5.41 Å². The van der Waals surface area contributed by atoms with E-state index in [0.29, 0.717) is 4.31 Å². The van der Waals surface area contributed by atoms with Crippen molar-refractivity contribution in [2.24, 2.45) is 5.41 Å². The van der Waals surface area contributed by atoms with Crippen LogP contribution in [0.15, 0.2) is 0 Å². The summed E-state index contributed by atoms with van der Waals surface area (Å²) in [6, 6.07) is 0. The summed E-state index contributed by atoms with van der Waals surface area (Å²) < 4.78 is 58.1. The van der Waals surface area contributed by atoms with Gasteiger partial charge in [0.05, 0.1) is 0 Å². The molecule has 86 valence electrons. The average molecular weight is 233 g/mol. The molecule has 0 spiro atoms. The lowest BCUT2D eigenvalue weighted by Gasteiger charge is -2.26. The van der Waals surface area contributed by atoms with Gasteiger partial charge in [0, 0.05) is 13.6 Å². The van der Waals surface area contributed by atoms with Crippen LogP contribution in [-0.4, -0.2) is 31.8 Å². The number of rotatable bonds is 2. The monoisotopic (exact) mass is 233 g/mol. The summed E-state index contributed by atoms with van der Waals surface area (Å²) in [5.41, 5.74) is -5.72. The van der Waals surface area contributed by atoms with Crippen molar-refractivity contribution in [1.82, 2.24) is 4.31 Å². The molecule has 0 aliphatic carbocycles. The van der Waals surface area contributed by atoms with Crippen LogP contribution in [0.2, 0.25) is 0 Å². The molecule has 0 bridgehead atoms. The predicted octanol–water partition coefficient (Wildman–Crippen LogP) is 1.81. The zero-order valence-corrected chi connectivity index (χ0v) is 9.33. The summed E-state index contributed by atoms with van der Waals surface area (Å²) in [6.45, 7) is 4.81. The number of sulfonamides is 1. The Bertz CT molecular complexity index is 289. The highest BCUT2D eigenvalue weighted by atomic mass is 32.2. The topological polar surface area (TPSA) is 37.4 Å². The van der Waals surface area contributed by atoms with Crippen molar-refractivity contribution < 1.29 is 21.6 Å². The second kappa shape index (κ2) is 3.69. The van der Waals surface area contributed by atoms with Gasteiger partial charge in [-0.25, -0.2) is 8.42 Å². The number of halogens is 3. The molecule has 0 atom stereocenters. The fourth-order valence-corrected chi connectivity index (χ4v) is 1.84. The molecular weight excluding hydrogens is 219 g/mol. The molecule has 0 radical (unpaired) electrons. The minimum absolute atomic E-state index is 0.172. The first-order chi connectivity index (χ1) is 5.88. The maximum absolute atomic E-state index is 12.0. The van der Waals surface area contributed by atoms with E-state index in [1.54, 1.807) is 20.8 Å². The molecule has 0 saturated carbocycles. The fraction of sp³-hybridized carbons (Fsp3) is 1.00. The molecule has 0 aromatic heterocycles. The molecule has 0 aromatic rings. The van der Waals surface area contributed by atoms with E-state index in [9.17, 15) is 21.6 Å². The zero-order chi connectivity index (χ0) is 11.8. The highest BCUT2D eigenvalue weighted by Gasteiger charge is 2.49. The first kappa shape index (κ1) is 13.7. The third-order valence-electron chi connectivity index (χ3n) is 1.40. The van der Waals surface area contributed by atoms with E-state index in [2.05, 4.69) is 0 Å². The molecule has 0 aliphatic rings. The molecule has 0 rings (SSSR count). The Morgan fingerprint density at radius 1 is 1.14 bits per heavy atom. The normalized spacial score (nSPS) is 14.9. The molecule has 0 unspecified atom stereocenters. The fourth-order valence-electron chi connectivity index (χ4n) is 0.930. The van der Waals surface area contributed by atoms with Crippen LogP contribution >= 0.6 is 0 Å². The Morgan fingerprint density at radius 2 is 1.50 bits per heavy atom. The summed E-state index contributed by atoms with van der Waals surface area (Å²) in [6.07, 6.45) is 0. The van der Waals surface area contributed by atoms with E-state index in [1.807, 2.05) is 0 Å². The summed E-state index contributed by atoms with van der Waals surface area (Å²) in [4.78, 5) is 0. The molecule has 7 heteroatoms. The standard InChI is InChI=1S/C7H14F3NO2S/c1-6(2,3)5-11(4)14(12,13)7(8,9)10/h5H2,1-4H3. The lowest BCUT2D eigenvalue weighted by molar-refractivity contribution is -0.0487. The van der Waals surface area contributed by atoms with Gasteiger partial charge in [-0.3, -0.25) is 0 Å². The second-order valence-electron chi connectivity index (χ2n) is 4.27. The van der Waals surface area contributed by atoms with Gasteiger partial charge in [-0.2, -0.15) is 17.5 Å². The lowest BCUT2D eigenvalue weighted by atomic mass is 9.97. The van der Waals surface area contributed by atoms with Crippen molar-refractivity contribution in [2.45, 2.75) is 26.3 Å². The Morgan fingerprint density at radius 3 is 1.71 bits per heavy atom. The van der Waals surface area contributed by atoms with Gasteiger partial charge < -0.3 is 0 Å². The van der Waals surface area contributed by atoms with Gasteiger partial charge in [0.1, 0.15) is 0 Å². The van der Waals surface area contributed by atoms with Crippen molar-refractivity contribution >= 4 is 10.0 Å². The van der Waals surface area contributed by atoms with E-state index in [4.69, 9.17) is 0 Å². The summed E-state index contributed by atoms with van der Waals surface area (Å²) >= 11 is 0. The first-order valence-electron chi connectivity index (χ1n) is 3.90. The summed E-state index contributed by atoms with van der Waals surface area (Å²) in [5.74, 6) is 0. The number of hydrogen-bond donors (Lipinski definition) is 0. The maximum Gasteiger partial charge on any atom is 0.511 e. The molecular formula is C7H14F3NO2S. The van der Waals surface area contributed by atoms with Crippen LogP contribution in [0, 0.1) is 5.41 Å². The smallest absolute Gasteiger partial charge is 0.203 e. The van der Waals surface area contributed by atoms with Crippen LogP contribution in [-0.2, 0) is 10.0 Å². The van der Waals surface area contributed by atoms with E-state index in [1.165, 1.54) is 0 Å². The Balaban J connectivity index is 4.80. The largest absolute Gasteiger partial charge is 0.511 e. The van der Waals surface area contributed by atoms with Crippen molar-refractivity contribution in [2.75, 3.05) is 13.6 Å². The number of nitrogens with zero attached hydrogens (tertiary/aromatic N) is 1. The molecule has 0 saturated heterocycles. The minimum Gasteiger partial charge on any atom is -0.203 e. The van der Waals surface area contributed by atoms with E-state index >= 15 is 0 Å². The van der Waals surface area contributed by atoms with Gasteiger partial charge in [0.15, 0.2) is 0 Å². The van der Waals surface area contributed by atoms with Crippen LogP contribution in [0.4, 0.5) is 13.2 Å². The van der Waals surface area contributed by atoms with Crippen LogP contribution in [0.25, 0.3) is 0 Å². The predicted molar refractivity (Wildman–Crippen MR) is 47.1 cm³/mol. The third-order valence-corrected chi connectivity index (χ3v) is 2.93. The molecule has 14 heavy (non-hydrogen) atoms. The molecule has 0 aliphatic heterocycles. The molecule has 0 N–H and O–H groups in total. The van der Waals surface area contributed by atoms with E-state index < -0.39 is 20.9 Å². The second-order valence-corrected chi connectivity index (χ2v) is 6.30. The van der Waals surface area contributed by atoms with Gasteiger partial charge >= 0.3 is 15.5 Å². The molecule has 0 aromatic carbocycles. The Labute approximate surface area is 81.9 Å². The molecule has 0 heterocycles. The Hall–Kier alpha value is -0.300. The lowest BCUT2D eigenvalue weighted by Crippen LogP contribution is -2.42. The number of hydrogen-bond acceptors (Lipinski definition) is 2. The summed E-state index contributed by atoms with van der Waals surface area (Å²) in [5, 5.41) is 0. The minimum atomic E-state index is -5.22. The average Bonchev–Trinajstić information content (AvgIpc) is 1.80. The van der Waals surface area contributed by atoms with Crippen molar-refractivity contribution in [3.8, 4) is 0 Å². The van der Waals surface area contributed by atoms with Gasteiger partial charge in [-0.15, -0.1) is 0 Å². The highest BCUT2D eigenvalue weighted by molar-refractivity contribution is 7.89. The van der Waals surface area contributed by atoms with Crippen LogP contribution in [0.5, 0.6) is 0 Å².